The molecule has 0 aliphatic carbocycles. The maximum Gasteiger partial charge on any atom is 0.244 e. The summed E-state index contributed by atoms with van der Waals surface area (Å²) in [6.07, 6.45) is 10.6. The van der Waals surface area contributed by atoms with Crippen molar-refractivity contribution < 1.29 is 17.6 Å². The highest BCUT2D eigenvalue weighted by Crippen LogP contribution is 2.22. The molecule has 140 valence electrons. The molecule has 0 saturated carbocycles. The van der Waals surface area contributed by atoms with Crippen molar-refractivity contribution in [2.75, 3.05) is 11.0 Å². The monoisotopic (exact) mass is 407 g/mol. The first-order valence-corrected chi connectivity index (χ1v) is 9.79. The number of carbonyl (C=O) groups is 1. The molecule has 0 radical (unpaired) electrons. The summed E-state index contributed by atoms with van der Waals surface area (Å²) in [7, 11) is -3.69. The normalized spacial score (nSPS) is 11.2. The number of nitrogens with one attached hydrogen (secondary N) is 2. The molecule has 1 aromatic heterocycles. The zero-order chi connectivity index (χ0) is 20.0. The average molecular weight is 408 g/mol. The first-order valence-electron chi connectivity index (χ1n) is 7.52. The molecule has 9 heteroatoms. The Balaban J connectivity index is 2.07. The number of sulfonamides is 1. The molecule has 0 aliphatic heterocycles. The van der Waals surface area contributed by atoms with Gasteiger partial charge < -0.3 is 5.32 Å². The molecular formula is C18H15ClFN3O3S. The molecule has 0 bridgehead atoms. The van der Waals surface area contributed by atoms with Crippen LogP contribution < -0.4 is 10.0 Å². The molecule has 0 atom stereocenters. The van der Waals surface area contributed by atoms with Crippen molar-refractivity contribution in [3.05, 3.63) is 64.2 Å². The van der Waals surface area contributed by atoms with Crippen LogP contribution in [-0.2, 0) is 21.4 Å². The van der Waals surface area contributed by atoms with Crippen LogP contribution in [-0.4, -0.2) is 25.6 Å². The van der Waals surface area contributed by atoms with Gasteiger partial charge in [0, 0.05) is 18.8 Å². The van der Waals surface area contributed by atoms with Gasteiger partial charge in [0.05, 0.1) is 17.5 Å². The summed E-state index contributed by atoms with van der Waals surface area (Å²) in [5.74, 6) is 0.985. The molecule has 27 heavy (non-hydrogen) atoms. The maximum absolute atomic E-state index is 14.2. The van der Waals surface area contributed by atoms with Crippen LogP contribution in [0.15, 0.2) is 36.5 Å². The van der Waals surface area contributed by atoms with Crippen LogP contribution in [0, 0.1) is 18.2 Å². The highest BCUT2D eigenvalue weighted by molar-refractivity contribution is 7.92. The van der Waals surface area contributed by atoms with E-state index in [2.05, 4.69) is 16.2 Å². The molecule has 2 rings (SSSR count). The van der Waals surface area contributed by atoms with E-state index >= 15 is 0 Å². The molecule has 0 spiro atoms. The van der Waals surface area contributed by atoms with Crippen LogP contribution in [0.1, 0.15) is 16.7 Å². The molecule has 6 nitrogen and oxygen atoms in total. The fourth-order valence-corrected chi connectivity index (χ4v) is 2.76. The standard InChI is InChI=1S/C18H15ClFN3O3S/c1-3-14-8-13(9-15(20)18(14)23-27(2,25)26)11-22-17(24)7-5-12-4-6-16(19)21-10-12/h1,4-10,23H,11H2,2H3,(H,22,24). The second-order valence-corrected chi connectivity index (χ2v) is 7.62. The molecule has 0 aliphatic rings. The molecule has 0 fully saturated rings. The summed E-state index contributed by atoms with van der Waals surface area (Å²) in [6.45, 7) is 0.00674. The number of terminal acetylenes is 1. The van der Waals surface area contributed by atoms with E-state index in [9.17, 15) is 17.6 Å². The van der Waals surface area contributed by atoms with Crippen LogP contribution in [0.25, 0.3) is 6.08 Å². The van der Waals surface area contributed by atoms with Gasteiger partial charge in [-0.15, -0.1) is 6.42 Å². The van der Waals surface area contributed by atoms with Gasteiger partial charge in [0.2, 0.25) is 15.9 Å². The van der Waals surface area contributed by atoms with Crippen molar-refractivity contribution in [2.24, 2.45) is 0 Å². The topological polar surface area (TPSA) is 88.2 Å². The van der Waals surface area contributed by atoms with E-state index in [-0.39, 0.29) is 17.8 Å². The molecule has 2 N–H and O–H groups in total. The largest absolute Gasteiger partial charge is 0.348 e. The van der Waals surface area contributed by atoms with Crippen LogP contribution in [0.2, 0.25) is 5.15 Å². The highest BCUT2D eigenvalue weighted by Gasteiger charge is 2.14. The second-order valence-electron chi connectivity index (χ2n) is 5.48. The van der Waals surface area contributed by atoms with Crippen molar-refractivity contribution in [3.8, 4) is 12.3 Å². The van der Waals surface area contributed by atoms with Crippen LogP contribution >= 0.6 is 11.6 Å². The number of halogens is 2. The van der Waals surface area contributed by atoms with E-state index in [1.54, 1.807) is 18.2 Å². The van der Waals surface area contributed by atoms with Crippen molar-refractivity contribution in [2.45, 2.75) is 6.54 Å². The minimum Gasteiger partial charge on any atom is -0.348 e. The Morgan fingerprint density at radius 1 is 1.41 bits per heavy atom. The zero-order valence-corrected chi connectivity index (χ0v) is 15.7. The number of rotatable bonds is 6. The minimum absolute atomic E-state index is 0.00674. The number of carbonyl (C=O) groups excluding carboxylic acids is 1. The van der Waals surface area contributed by atoms with E-state index in [1.165, 1.54) is 18.3 Å². The Labute approximate surface area is 161 Å². The number of pyridine rings is 1. The third-order valence-electron chi connectivity index (χ3n) is 3.24. The Hall–Kier alpha value is -2.89. The van der Waals surface area contributed by atoms with Gasteiger partial charge >= 0.3 is 0 Å². The second kappa shape index (κ2) is 8.66. The molecule has 2 aromatic rings. The van der Waals surface area contributed by atoms with Crippen molar-refractivity contribution in [1.82, 2.24) is 10.3 Å². The molecule has 1 heterocycles. The molecule has 1 aromatic carbocycles. The van der Waals surface area contributed by atoms with Crippen LogP contribution in [0.5, 0.6) is 0 Å². The third kappa shape index (κ3) is 6.40. The summed E-state index contributed by atoms with van der Waals surface area (Å²) in [6, 6.07) is 5.81. The minimum atomic E-state index is -3.69. The van der Waals surface area contributed by atoms with E-state index in [4.69, 9.17) is 18.0 Å². The lowest BCUT2D eigenvalue weighted by Crippen LogP contribution is -2.20. The maximum atomic E-state index is 14.2. The summed E-state index contributed by atoms with van der Waals surface area (Å²) >= 11 is 5.68. The first-order chi connectivity index (χ1) is 12.7. The van der Waals surface area contributed by atoms with E-state index in [0.29, 0.717) is 16.3 Å². The lowest BCUT2D eigenvalue weighted by Gasteiger charge is -2.11. The number of hydrogen-bond donors (Lipinski definition) is 2. The number of nitrogens with zero attached hydrogens (tertiary/aromatic N) is 1. The summed E-state index contributed by atoms with van der Waals surface area (Å²) < 4.78 is 38.8. The van der Waals surface area contributed by atoms with Gasteiger partial charge in [-0.1, -0.05) is 23.6 Å². The van der Waals surface area contributed by atoms with E-state index in [0.717, 1.165) is 12.3 Å². The number of hydrogen-bond acceptors (Lipinski definition) is 4. The van der Waals surface area contributed by atoms with Gasteiger partial charge in [0.1, 0.15) is 11.0 Å². The van der Waals surface area contributed by atoms with Crippen molar-refractivity contribution in [3.63, 3.8) is 0 Å². The number of anilines is 1. The Morgan fingerprint density at radius 2 is 2.15 bits per heavy atom. The van der Waals surface area contributed by atoms with Crippen LogP contribution in [0.4, 0.5) is 10.1 Å². The predicted molar refractivity (Wildman–Crippen MR) is 103 cm³/mol. The molecule has 0 unspecified atom stereocenters. The fourth-order valence-electron chi connectivity index (χ4n) is 2.07. The molecule has 0 saturated heterocycles. The Bertz CT molecular complexity index is 1030. The Morgan fingerprint density at radius 3 is 2.74 bits per heavy atom. The quantitative estimate of drug-likeness (QED) is 0.437. The number of amides is 1. The van der Waals surface area contributed by atoms with Crippen molar-refractivity contribution >= 4 is 39.3 Å². The third-order valence-corrected chi connectivity index (χ3v) is 4.04. The van der Waals surface area contributed by atoms with E-state index < -0.39 is 21.7 Å². The van der Waals surface area contributed by atoms with Gasteiger partial charge in [-0.25, -0.2) is 17.8 Å². The first kappa shape index (κ1) is 20.4. The van der Waals surface area contributed by atoms with E-state index in [1.807, 2.05) is 4.72 Å². The van der Waals surface area contributed by atoms with Gasteiger partial charge in [-0.2, -0.15) is 0 Å². The summed E-state index contributed by atoms with van der Waals surface area (Å²) in [5.41, 5.74) is 0.804. The van der Waals surface area contributed by atoms with Gasteiger partial charge in [-0.3, -0.25) is 9.52 Å². The fraction of sp³-hybridized carbons (Fsp3) is 0.111. The van der Waals surface area contributed by atoms with Gasteiger partial charge in [0.25, 0.3) is 0 Å². The number of aromatic nitrogens is 1. The SMILES string of the molecule is C#Cc1cc(CNC(=O)C=Cc2ccc(Cl)nc2)cc(F)c1NS(C)(=O)=O. The lowest BCUT2D eigenvalue weighted by atomic mass is 10.1. The number of benzene rings is 1. The lowest BCUT2D eigenvalue weighted by molar-refractivity contribution is -0.116. The van der Waals surface area contributed by atoms with Gasteiger partial charge in [0.15, 0.2) is 0 Å². The van der Waals surface area contributed by atoms with Gasteiger partial charge in [-0.05, 0) is 35.4 Å². The average Bonchev–Trinajstić information content (AvgIpc) is 2.60. The molecular weight excluding hydrogens is 393 g/mol. The Kier molecular flexibility index (Phi) is 6.55. The van der Waals surface area contributed by atoms with Crippen LogP contribution in [0.3, 0.4) is 0 Å². The van der Waals surface area contributed by atoms with Crippen molar-refractivity contribution in [1.29, 1.82) is 0 Å². The summed E-state index contributed by atoms with van der Waals surface area (Å²) in [4.78, 5) is 15.8. The molecule has 1 amide bonds. The summed E-state index contributed by atoms with van der Waals surface area (Å²) in [5, 5.41) is 2.92. The predicted octanol–water partition coefficient (Wildman–Crippen LogP) is 2.56. The smallest absolute Gasteiger partial charge is 0.244 e. The highest BCUT2D eigenvalue weighted by atomic mass is 35.5. The zero-order valence-electron chi connectivity index (χ0n) is 14.2.